The molecule has 8 rings (SSSR count). The summed E-state index contributed by atoms with van der Waals surface area (Å²) in [6, 6.07) is 0. The second-order valence-corrected chi connectivity index (χ2v) is 21.0. The molecular weight excluding hydrogens is 1150 g/mol. The standard InChI is InChI=1S/C45H76O38/c46-1-9-17(52)22(57)29(64)40(72-9)83-36-20(55)11(3-48)74-44(36)69-7-15-19(54)23(58)30(65)41(77-15)81-35-16(8-70-45-37(21(56)12(4-49)75-45)82-39-28(63)18(53)10(2-47)73-39)78-43(32(67)26(35)61)80-34-14(6-51)76-42(31(66)25(34)60)79-33-13(5-50)71-38(68)27(62)24(33)59/h9-68H,1-8H2/t9-,10+,11-,12-,13+,14+,15-,16?,17+,18+,19-,20+,21+,22-,23-,24-,25-,26-,27-,28+,29?,30+,31-,32-,33-,34+,35+,36+,37-,38-,39+,40+,41+,42-,43-,44+,45+/m0/s1. The minimum atomic E-state index is -2.34. The summed E-state index contributed by atoms with van der Waals surface area (Å²) < 4.78 is 84.9. The Bertz CT molecular complexity index is 1970. The average Bonchev–Trinajstić information content (AvgIpc) is 3.85. The minimum Gasteiger partial charge on any atom is -0.394 e. The number of hydrogen-bond donors (Lipinski definition) is 23. The van der Waals surface area contributed by atoms with E-state index in [4.69, 9.17) is 71.1 Å². The van der Waals surface area contributed by atoms with Crippen molar-refractivity contribution in [1.82, 2.24) is 0 Å². The molecule has 8 aliphatic heterocycles. The Balaban J connectivity index is 1.01. The molecule has 2 unspecified atom stereocenters. The van der Waals surface area contributed by atoms with E-state index < -0.39 is 280 Å². The molecule has 0 spiro atoms. The van der Waals surface area contributed by atoms with Crippen LogP contribution in [-0.4, -0.2) is 398 Å². The van der Waals surface area contributed by atoms with Crippen LogP contribution in [-0.2, 0) is 71.1 Å². The Kier molecular flexibility index (Phi) is 23.5. The van der Waals surface area contributed by atoms with Crippen LogP contribution in [0.2, 0.25) is 0 Å². The van der Waals surface area contributed by atoms with Gasteiger partial charge in [0.25, 0.3) is 0 Å². The Hall–Kier alpha value is -1.52. The zero-order valence-electron chi connectivity index (χ0n) is 43.4. The predicted molar refractivity (Wildman–Crippen MR) is 246 cm³/mol. The number of ether oxygens (including phenoxy) is 15. The summed E-state index contributed by atoms with van der Waals surface area (Å²) >= 11 is 0. The highest BCUT2D eigenvalue weighted by molar-refractivity contribution is 5.00. The van der Waals surface area contributed by atoms with Crippen LogP contribution < -0.4 is 0 Å². The SMILES string of the molecule is OC[C@@H]1O[C@H](O[C@H]2[C@H](OC[C@@H]3O[C@H](O[C@@H]4C(CO[C@@H]5O[C@@H](CO)[C@@H](O)[C@@H]5O[C@H]5O[C@H](CO)[C@@H](O)[C@H]5O)O[C@@H](O[C@H]5[C@@H](O)[C@H](O)[C@H](O[C@@H]6[C@@H](O)[C@H](O)[C@@H](O)O[C@@H]6CO)O[C@@H]5CO)[C@@H](O)[C@@H]4O)[C@H](O)[C@@H](O)[C@H]3O)O[C@@H](CO)[C@H]2O)C(O)[C@@H](O)[C@@H]1O. The molecule has 8 aliphatic rings. The molecule has 0 amide bonds. The van der Waals surface area contributed by atoms with Gasteiger partial charge in [-0.25, -0.2) is 0 Å². The minimum absolute atomic E-state index is 0.783. The normalized spacial score (nSPS) is 53.5. The molecule has 37 atom stereocenters. The van der Waals surface area contributed by atoms with Crippen LogP contribution in [0.3, 0.4) is 0 Å². The van der Waals surface area contributed by atoms with Crippen LogP contribution in [0.5, 0.6) is 0 Å². The fourth-order valence-electron chi connectivity index (χ4n) is 10.6. The maximum absolute atomic E-state index is 11.9. The second-order valence-electron chi connectivity index (χ2n) is 21.0. The molecule has 0 aromatic heterocycles. The van der Waals surface area contributed by atoms with Gasteiger partial charge in [0.15, 0.2) is 50.3 Å². The molecule has 23 N–H and O–H groups in total. The maximum atomic E-state index is 11.9. The van der Waals surface area contributed by atoms with Gasteiger partial charge in [-0.05, 0) is 0 Å². The summed E-state index contributed by atoms with van der Waals surface area (Å²) in [7, 11) is 0. The first-order valence-electron chi connectivity index (χ1n) is 26.4. The van der Waals surface area contributed by atoms with Gasteiger partial charge in [-0.3, -0.25) is 0 Å². The molecule has 0 aliphatic carbocycles. The molecule has 0 bridgehead atoms. The Morgan fingerprint density at radius 2 is 0.458 bits per heavy atom. The van der Waals surface area contributed by atoms with Crippen LogP contribution in [0.1, 0.15) is 0 Å². The third kappa shape index (κ3) is 14.0. The fourth-order valence-corrected chi connectivity index (χ4v) is 10.6. The van der Waals surface area contributed by atoms with E-state index in [0.29, 0.717) is 0 Å². The Morgan fingerprint density at radius 3 is 0.867 bits per heavy atom. The Morgan fingerprint density at radius 1 is 0.205 bits per heavy atom. The van der Waals surface area contributed by atoms with Gasteiger partial charge < -0.3 is 189 Å². The van der Waals surface area contributed by atoms with E-state index in [9.17, 15) is 117 Å². The molecule has 0 saturated carbocycles. The molecule has 0 aromatic carbocycles. The van der Waals surface area contributed by atoms with Gasteiger partial charge in [-0.15, -0.1) is 0 Å². The van der Waals surface area contributed by atoms with E-state index in [2.05, 4.69) is 0 Å². The maximum Gasteiger partial charge on any atom is 0.187 e. The van der Waals surface area contributed by atoms with Crippen LogP contribution >= 0.6 is 0 Å². The Labute approximate surface area is 468 Å². The summed E-state index contributed by atoms with van der Waals surface area (Å²) in [5.41, 5.74) is 0. The van der Waals surface area contributed by atoms with Gasteiger partial charge in [0, 0.05) is 0 Å². The summed E-state index contributed by atoms with van der Waals surface area (Å²) in [6.45, 7) is -7.21. The van der Waals surface area contributed by atoms with E-state index >= 15 is 0 Å². The average molecular weight is 1230 g/mol. The summed E-state index contributed by atoms with van der Waals surface area (Å²) in [4.78, 5) is 0. The zero-order valence-corrected chi connectivity index (χ0v) is 43.4. The molecule has 8 fully saturated rings. The quantitative estimate of drug-likeness (QED) is 0.0479. The number of aliphatic hydroxyl groups excluding tert-OH is 23. The van der Waals surface area contributed by atoms with Crippen molar-refractivity contribution >= 4 is 0 Å². The number of aliphatic hydroxyl groups is 23. The lowest BCUT2D eigenvalue weighted by Crippen LogP contribution is -2.67. The molecule has 38 heteroatoms. The fraction of sp³-hybridized carbons (Fsp3) is 1.00. The lowest BCUT2D eigenvalue weighted by molar-refractivity contribution is -0.390. The van der Waals surface area contributed by atoms with Gasteiger partial charge in [0.1, 0.15) is 177 Å². The lowest BCUT2D eigenvalue weighted by atomic mass is 9.95. The molecule has 83 heavy (non-hydrogen) atoms. The number of hydrogen-bond acceptors (Lipinski definition) is 38. The van der Waals surface area contributed by atoms with Crippen molar-refractivity contribution in [3.63, 3.8) is 0 Å². The van der Waals surface area contributed by atoms with Crippen molar-refractivity contribution < 1.29 is 189 Å². The first kappa shape index (κ1) is 67.4. The first-order valence-corrected chi connectivity index (χ1v) is 26.4. The third-order valence-corrected chi connectivity index (χ3v) is 15.6. The van der Waals surface area contributed by atoms with Crippen molar-refractivity contribution in [2.75, 3.05) is 52.9 Å². The molecule has 8 heterocycles. The van der Waals surface area contributed by atoms with Crippen LogP contribution in [0.15, 0.2) is 0 Å². The van der Waals surface area contributed by atoms with Crippen molar-refractivity contribution in [3.8, 4) is 0 Å². The molecule has 484 valence electrons. The second kappa shape index (κ2) is 29.0. The summed E-state index contributed by atoms with van der Waals surface area (Å²) in [5.74, 6) is 0. The third-order valence-electron chi connectivity index (χ3n) is 15.6. The van der Waals surface area contributed by atoms with Gasteiger partial charge in [0.2, 0.25) is 0 Å². The van der Waals surface area contributed by atoms with Gasteiger partial charge >= 0.3 is 0 Å². The van der Waals surface area contributed by atoms with Crippen molar-refractivity contribution in [1.29, 1.82) is 0 Å². The van der Waals surface area contributed by atoms with E-state index in [1.54, 1.807) is 0 Å². The van der Waals surface area contributed by atoms with E-state index in [-0.39, 0.29) is 0 Å². The van der Waals surface area contributed by atoms with Gasteiger partial charge in [-0.1, -0.05) is 0 Å². The predicted octanol–water partition coefficient (Wildman–Crippen LogP) is -16.5. The van der Waals surface area contributed by atoms with Crippen LogP contribution in [0.25, 0.3) is 0 Å². The van der Waals surface area contributed by atoms with E-state index in [0.717, 1.165) is 0 Å². The summed E-state index contributed by atoms with van der Waals surface area (Å²) in [6.07, 6.45) is -69.9. The van der Waals surface area contributed by atoms with Crippen molar-refractivity contribution in [3.05, 3.63) is 0 Å². The largest absolute Gasteiger partial charge is 0.394 e. The highest BCUT2D eigenvalue weighted by Crippen LogP contribution is 2.38. The van der Waals surface area contributed by atoms with Gasteiger partial charge in [-0.2, -0.15) is 0 Å². The lowest BCUT2D eigenvalue weighted by Gasteiger charge is -2.49. The number of rotatable bonds is 22. The van der Waals surface area contributed by atoms with Crippen molar-refractivity contribution in [2.45, 2.75) is 227 Å². The monoisotopic (exact) mass is 1220 g/mol. The van der Waals surface area contributed by atoms with Crippen molar-refractivity contribution in [2.24, 2.45) is 0 Å². The molecule has 38 nitrogen and oxygen atoms in total. The van der Waals surface area contributed by atoms with Crippen LogP contribution in [0, 0.1) is 0 Å². The molecular formula is C45H76O38. The highest BCUT2D eigenvalue weighted by atomic mass is 16.8. The first-order chi connectivity index (χ1) is 39.4. The van der Waals surface area contributed by atoms with Crippen LogP contribution in [0.4, 0.5) is 0 Å². The highest BCUT2D eigenvalue weighted by Gasteiger charge is 2.58. The molecule has 8 saturated heterocycles. The smallest absolute Gasteiger partial charge is 0.187 e. The van der Waals surface area contributed by atoms with Gasteiger partial charge in [0.05, 0.1) is 52.9 Å². The summed E-state index contributed by atoms with van der Waals surface area (Å²) in [5, 5.41) is 244. The molecule has 0 radical (unpaired) electrons. The topological polar surface area (TPSA) is 604 Å². The van der Waals surface area contributed by atoms with E-state index in [1.165, 1.54) is 0 Å². The molecule has 0 aromatic rings. The zero-order chi connectivity index (χ0) is 60.6. The van der Waals surface area contributed by atoms with E-state index in [1.807, 2.05) is 0 Å².